The lowest BCUT2D eigenvalue weighted by molar-refractivity contribution is -0.166. The summed E-state index contributed by atoms with van der Waals surface area (Å²) in [4.78, 5) is 10.1. The fraction of sp³-hybridized carbons (Fsp3) is 0.125. The minimum Gasteiger partial charge on any atom is -0.477 e. The number of hydrogen-bond acceptors (Lipinski definition) is 1. The average Bonchev–Trinajstić information content (AvgIpc) is 2.04. The van der Waals surface area contributed by atoms with Crippen LogP contribution in [-0.4, -0.2) is 11.1 Å². The van der Waals surface area contributed by atoms with E-state index < -0.39 is 17.5 Å². The van der Waals surface area contributed by atoms with Gasteiger partial charge in [0, 0.05) is 10.0 Å². The minimum absolute atomic E-state index is 0.525. The standard InChI is InChI=1S/C8H5BrF2O2/c9-6-3-1-5(2-4-6)8(10,11)7(12)13/h1-4H,(H,12,13). The summed E-state index contributed by atoms with van der Waals surface area (Å²) in [5.41, 5.74) is -0.525. The van der Waals surface area contributed by atoms with Gasteiger partial charge in [-0.15, -0.1) is 0 Å². The van der Waals surface area contributed by atoms with Gasteiger partial charge in [-0.1, -0.05) is 28.1 Å². The topological polar surface area (TPSA) is 37.3 Å². The molecule has 0 radical (unpaired) electrons. The Bertz CT molecular complexity index is 321. The van der Waals surface area contributed by atoms with E-state index in [0.29, 0.717) is 4.47 Å². The lowest BCUT2D eigenvalue weighted by atomic mass is 10.1. The molecule has 1 rings (SSSR count). The van der Waals surface area contributed by atoms with Crippen LogP contribution in [0, 0.1) is 0 Å². The fourth-order valence-corrected chi connectivity index (χ4v) is 1.05. The molecule has 0 aliphatic heterocycles. The molecular formula is C8H5BrF2O2. The Balaban J connectivity index is 3.08. The van der Waals surface area contributed by atoms with Gasteiger partial charge in [-0.3, -0.25) is 0 Å². The van der Waals surface area contributed by atoms with Crippen molar-refractivity contribution < 1.29 is 18.7 Å². The van der Waals surface area contributed by atoms with Crippen molar-refractivity contribution in [3.05, 3.63) is 34.3 Å². The molecule has 0 unspecified atom stereocenters. The molecule has 1 aromatic carbocycles. The Morgan fingerprint density at radius 1 is 1.31 bits per heavy atom. The second-order valence-corrected chi connectivity index (χ2v) is 3.30. The Labute approximate surface area is 81.3 Å². The van der Waals surface area contributed by atoms with Crippen LogP contribution in [0.25, 0.3) is 0 Å². The number of carboxylic acids is 1. The summed E-state index contributed by atoms with van der Waals surface area (Å²) < 4.78 is 26.2. The number of aliphatic carboxylic acids is 1. The largest absolute Gasteiger partial charge is 0.477 e. The van der Waals surface area contributed by atoms with Crippen LogP contribution in [0.3, 0.4) is 0 Å². The number of rotatable bonds is 2. The summed E-state index contributed by atoms with van der Waals surface area (Å²) in [5, 5.41) is 8.20. The SMILES string of the molecule is O=C(O)C(F)(F)c1ccc(Br)cc1. The van der Waals surface area contributed by atoms with Gasteiger partial charge in [-0.2, -0.15) is 8.78 Å². The molecule has 0 aliphatic carbocycles. The maximum absolute atomic E-state index is 12.8. The first-order valence-electron chi connectivity index (χ1n) is 3.32. The van der Waals surface area contributed by atoms with Gasteiger partial charge in [0.1, 0.15) is 0 Å². The highest BCUT2D eigenvalue weighted by Crippen LogP contribution is 2.28. The molecule has 0 spiro atoms. The van der Waals surface area contributed by atoms with E-state index in [0.717, 1.165) is 12.1 Å². The molecule has 1 N–H and O–H groups in total. The van der Waals surface area contributed by atoms with Crippen molar-refractivity contribution in [2.24, 2.45) is 0 Å². The van der Waals surface area contributed by atoms with Crippen LogP contribution in [0.2, 0.25) is 0 Å². The van der Waals surface area contributed by atoms with E-state index in [1.807, 2.05) is 0 Å². The lowest BCUT2D eigenvalue weighted by Gasteiger charge is -2.10. The molecule has 5 heteroatoms. The van der Waals surface area contributed by atoms with Crippen LogP contribution in [0.4, 0.5) is 8.78 Å². The van der Waals surface area contributed by atoms with Gasteiger partial charge in [0.25, 0.3) is 0 Å². The molecule has 0 amide bonds. The van der Waals surface area contributed by atoms with E-state index in [9.17, 15) is 13.6 Å². The first-order valence-corrected chi connectivity index (χ1v) is 4.11. The van der Waals surface area contributed by atoms with Crippen LogP contribution in [-0.2, 0) is 10.7 Å². The second-order valence-electron chi connectivity index (χ2n) is 2.39. The molecule has 1 aromatic rings. The Morgan fingerprint density at radius 3 is 2.15 bits per heavy atom. The molecule has 0 bridgehead atoms. The van der Waals surface area contributed by atoms with Gasteiger partial charge in [0.05, 0.1) is 0 Å². The van der Waals surface area contributed by atoms with Crippen molar-refractivity contribution in [1.82, 2.24) is 0 Å². The molecule has 70 valence electrons. The predicted molar refractivity (Wildman–Crippen MR) is 45.7 cm³/mol. The molecule has 0 aromatic heterocycles. The highest BCUT2D eigenvalue weighted by atomic mass is 79.9. The summed E-state index contributed by atoms with van der Waals surface area (Å²) in [7, 11) is 0. The molecule has 0 heterocycles. The normalized spacial score (nSPS) is 11.3. The van der Waals surface area contributed by atoms with Crippen LogP contribution in [0.5, 0.6) is 0 Å². The van der Waals surface area contributed by atoms with Crippen molar-refractivity contribution in [3.63, 3.8) is 0 Å². The van der Waals surface area contributed by atoms with Gasteiger partial charge in [-0.05, 0) is 12.1 Å². The number of alkyl halides is 2. The average molecular weight is 251 g/mol. The zero-order valence-corrected chi connectivity index (χ0v) is 7.88. The maximum Gasteiger partial charge on any atom is 0.379 e. The van der Waals surface area contributed by atoms with Gasteiger partial charge >= 0.3 is 11.9 Å². The van der Waals surface area contributed by atoms with Crippen LogP contribution in [0.1, 0.15) is 5.56 Å². The Morgan fingerprint density at radius 2 is 1.77 bits per heavy atom. The summed E-state index contributed by atoms with van der Waals surface area (Å²) in [5.74, 6) is -5.96. The zero-order chi connectivity index (χ0) is 10.1. The highest BCUT2D eigenvalue weighted by molar-refractivity contribution is 9.10. The molecule has 0 saturated carbocycles. The molecule has 0 aliphatic rings. The first kappa shape index (κ1) is 10.1. The smallest absolute Gasteiger partial charge is 0.379 e. The summed E-state index contributed by atoms with van der Waals surface area (Å²) in [6, 6.07) is 4.87. The monoisotopic (exact) mass is 250 g/mol. The summed E-state index contributed by atoms with van der Waals surface area (Å²) in [6.45, 7) is 0. The molecular weight excluding hydrogens is 246 g/mol. The van der Waals surface area contributed by atoms with E-state index in [2.05, 4.69) is 15.9 Å². The maximum atomic E-state index is 12.8. The zero-order valence-electron chi connectivity index (χ0n) is 6.30. The van der Waals surface area contributed by atoms with E-state index in [-0.39, 0.29) is 0 Å². The van der Waals surface area contributed by atoms with Crippen LogP contribution >= 0.6 is 15.9 Å². The van der Waals surface area contributed by atoms with Crippen molar-refractivity contribution in [1.29, 1.82) is 0 Å². The number of halogens is 3. The molecule has 0 saturated heterocycles. The van der Waals surface area contributed by atoms with Crippen molar-refractivity contribution in [2.75, 3.05) is 0 Å². The van der Waals surface area contributed by atoms with Crippen molar-refractivity contribution in [2.45, 2.75) is 5.92 Å². The molecule has 13 heavy (non-hydrogen) atoms. The second kappa shape index (κ2) is 3.41. The van der Waals surface area contributed by atoms with Gasteiger partial charge < -0.3 is 5.11 Å². The molecule has 0 fully saturated rings. The van der Waals surface area contributed by atoms with Crippen LogP contribution < -0.4 is 0 Å². The van der Waals surface area contributed by atoms with Crippen molar-refractivity contribution in [3.8, 4) is 0 Å². The molecule has 2 nitrogen and oxygen atoms in total. The minimum atomic E-state index is -3.82. The van der Waals surface area contributed by atoms with Gasteiger partial charge in [0.15, 0.2) is 0 Å². The van der Waals surface area contributed by atoms with E-state index >= 15 is 0 Å². The highest BCUT2D eigenvalue weighted by Gasteiger charge is 2.40. The number of hydrogen-bond donors (Lipinski definition) is 1. The lowest BCUT2D eigenvalue weighted by Crippen LogP contribution is -2.25. The predicted octanol–water partition coefficient (Wildman–Crippen LogP) is 2.63. The van der Waals surface area contributed by atoms with E-state index in [4.69, 9.17) is 5.11 Å². The summed E-state index contributed by atoms with van der Waals surface area (Å²) in [6.07, 6.45) is 0. The first-order chi connectivity index (χ1) is 5.94. The van der Waals surface area contributed by atoms with Gasteiger partial charge in [-0.25, -0.2) is 4.79 Å². The Hall–Kier alpha value is -0.970. The fourth-order valence-electron chi connectivity index (χ4n) is 0.783. The molecule has 0 atom stereocenters. The quantitative estimate of drug-likeness (QED) is 0.877. The third-order valence-electron chi connectivity index (χ3n) is 1.48. The number of carbonyl (C=O) groups is 1. The third-order valence-corrected chi connectivity index (χ3v) is 2.00. The van der Waals surface area contributed by atoms with E-state index in [1.54, 1.807) is 0 Å². The van der Waals surface area contributed by atoms with Crippen molar-refractivity contribution >= 4 is 21.9 Å². The van der Waals surface area contributed by atoms with E-state index in [1.165, 1.54) is 12.1 Å². The third kappa shape index (κ3) is 2.03. The summed E-state index contributed by atoms with van der Waals surface area (Å²) >= 11 is 3.06. The van der Waals surface area contributed by atoms with Crippen LogP contribution in [0.15, 0.2) is 28.7 Å². The Kier molecular flexibility index (Phi) is 2.66. The number of carboxylic acid groups (broad SMARTS) is 1. The van der Waals surface area contributed by atoms with Gasteiger partial charge in [0.2, 0.25) is 0 Å². The number of benzene rings is 1.